The minimum atomic E-state index is -0.337. The third-order valence-electron chi connectivity index (χ3n) is 4.50. The molecule has 2 amide bonds. The molecule has 4 nitrogen and oxygen atoms in total. The third-order valence-corrected chi connectivity index (χ3v) is 5.36. The Bertz CT molecular complexity index is 712. The number of nitrogens with zero attached hydrogens (tertiary/aromatic N) is 1. The smallest absolute Gasteiger partial charge is 0.264 e. The van der Waals surface area contributed by atoms with Crippen LogP contribution in [-0.4, -0.2) is 35.8 Å². The van der Waals surface area contributed by atoms with E-state index in [4.69, 9.17) is 0 Å². The molecule has 1 aromatic carbocycles. The molecule has 0 unspecified atom stereocenters. The van der Waals surface area contributed by atoms with E-state index in [0.29, 0.717) is 18.0 Å². The number of thiophene rings is 1. The van der Waals surface area contributed by atoms with Crippen LogP contribution in [0.1, 0.15) is 33.6 Å². The van der Waals surface area contributed by atoms with Gasteiger partial charge >= 0.3 is 0 Å². The lowest BCUT2D eigenvalue weighted by molar-refractivity contribution is -0.124. The first-order valence-electron chi connectivity index (χ1n) is 8.33. The predicted molar refractivity (Wildman–Crippen MR) is 96.3 cm³/mol. The molecule has 2 aromatic rings. The van der Waals surface area contributed by atoms with E-state index in [9.17, 15) is 9.59 Å². The van der Waals surface area contributed by atoms with E-state index in [1.807, 2.05) is 29.6 Å². The number of rotatable bonds is 5. The van der Waals surface area contributed by atoms with Gasteiger partial charge < -0.3 is 10.2 Å². The number of carbonyl (C=O) groups is 2. The van der Waals surface area contributed by atoms with Crippen molar-refractivity contribution in [3.05, 3.63) is 57.8 Å². The van der Waals surface area contributed by atoms with E-state index in [0.717, 1.165) is 19.3 Å². The maximum atomic E-state index is 12.5. The first-order valence-corrected chi connectivity index (χ1v) is 9.21. The summed E-state index contributed by atoms with van der Waals surface area (Å²) in [5.41, 5.74) is 2.48. The average Bonchev–Trinajstić information content (AvgIpc) is 3.27. The molecule has 0 radical (unpaired) electrons. The molecule has 5 heteroatoms. The summed E-state index contributed by atoms with van der Waals surface area (Å²) in [6, 6.07) is 11.5. The van der Waals surface area contributed by atoms with E-state index in [1.165, 1.54) is 22.5 Å². The Kier molecular flexibility index (Phi) is 5.30. The fraction of sp³-hybridized carbons (Fsp3) is 0.368. The summed E-state index contributed by atoms with van der Waals surface area (Å²) >= 11 is 1.43. The fourth-order valence-electron chi connectivity index (χ4n) is 3.15. The minimum Gasteiger partial charge on any atom is -0.354 e. The number of nitrogens with one attached hydrogen (secondary N) is 1. The van der Waals surface area contributed by atoms with Crippen LogP contribution in [0.25, 0.3) is 0 Å². The normalized spacial score (nSPS) is 17.0. The van der Waals surface area contributed by atoms with Crippen molar-refractivity contribution in [2.24, 2.45) is 0 Å². The zero-order chi connectivity index (χ0) is 16.9. The van der Waals surface area contributed by atoms with Crippen LogP contribution in [0.4, 0.5) is 0 Å². The van der Waals surface area contributed by atoms with E-state index < -0.39 is 0 Å². The van der Waals surface area contributed by atoms with Crippen LogP contribution < -0.4 is 5.32 Å². The van der Waals surface area contributed by atoms with Gasteiger partial charge in [-0.15, -0.1) is 11.3 Å². The largest absolute Gasteiger partial charge is 0.354 e. The Morgan fingerprint density at radius 2 is 2.08 bits per heavy atom. The van der Waals surface area contributed by atoms with Crippen molar-refractivity contribution in [1.29, 1.82) is 0 Å². The Morgan fingerprint density at radius 1 is 1.25 bits per heavy atom. The monoisotopic (exact) mass is 342 g/mol. The summed E-state index contributed by atoms with van der Waals surface area (Å²) < 4.78 is 0. The van der Waals surface area contributed by atoms with Gasteiger partial charge in [-0.25, -0.2) is 0 Å². The SMILES string of the molecule is Cc1ccccc1CCNC(=O)[C@@H]1CCCN1C(=O)c1cccs1. The highest BCUT2D eigenvalue weighted by atomic mass is 32.1. The molecule has 0 bridgehead atoms. The van der Waals surface area contributed by atoms with Gasteiger partial charge in [-0.3, -0.25) is 9.59 Å². The van der Waals surface area contributed by atoms with E-state index >= 15 is 0 Å². The molecule has 1 saturated heterocycles. The molecule has 24 heavy (non-hydrogen) atoms. The highest BCUT2D eigenvalue weighted by molar-refractivity contribution is 7.12. The third kappa shape index (κ3) is 3.67. The van der Waals surface area contributed by atoms with Crippen LogP contribution in [0.5, 0.6) is 0 Å². The van der Waals surface area contributed by atoms with Crippen molar-refractivity contribution in [1.82, 2.24) is 10.2 Å². The second kappa shape index (κ2) is 7.62. The first-order chi connectivity index (χ1) is 11.7. The van der Waals surface area contributed by atoms with E-state index in [1.54, 1.807) is 4.90 Å². The van der Waals surface area contributed by atoms with Crippen molar-refractivity contribution in [2.45, 2.75) is 32.2 Å². The molecule has 0 saturated carbocycles. The zero-order valence-corrected chi connectivity index (χ0v) is 14.6. The Labute approximate surface area is 146 Å². The second-order valence-corrected chi connectivity index (χ2v) is 7.05. The van der Waals surface area contributed by atoms with Crippen LogP contribution in [0, 0.1) is 6.92 Å². The standard InChI is InChI=1S/C19H22N2O2S/c1-14-6-2-3-7-15(14)10-11-20-18(22)16-8-4-12-21(16)19(23)17-9-5-13-24-17/h2-3,5-7,9,13,16H,4,8,10-12H2,1H3,(H,20,22)/t16-/m0/s1. The van der Waals surface area contributed by atoms with Crippen LogP contribution in [0.2, 0.25) is 0 Å². The van der Waals surface area contributed by atoms with Gasteiger partial charge in [0.05, 0.1) is 4.88 Å². The highest BCUT2D eigenvalue weighted by Crippen LogP contribution is 2.22. The Morgan fingerprint density at radius 3 is 2.83 bits per heavy atom. The van der Waals surface area contributed by atoms with Gasteiger partial charge in [-0.2, -0.15) is 0 Å². The van der Waals surface area contributed by atoms with Gasteiger partial charge in [0.2, 0.25) is 5.91 Å². The molecule has 0 aliphatic carbocycles. The van der Waals surface area contributed by atoms with Gasteiger partial charge in [0.15, 0.2) is 0 Å². The van der Waals surface area contributed by atoms with Crippen LogP contribution in [0.15, 0.2) is 41.8 Å². The maximum absolute atomic E-state index is 12.5. The predicted octanol–water partition coefficient (Wildman–Crippen LogP) is 3.02. The molecule has 1 aromatic heterocycles. The number of carbonyl (C=O) groups excluding carboxylic acids is 2. The summed E-state index contributed by atoms with van der Waals surface area (Å²) in [5, 5.41) is 4.89. The molecule has 126 valence electrons. The molecule has 1 aliphatic rings. The van der Waals surface area contributed by atoms with Crippen LogP contribution >= 0.6 is 11.3 Å². The number of benzene rings is 1. The number of likely N-dealkylation sites (tertiary alicyclic amines) is 1. The fourth-order valence-corrected chi connectivity index (χ4v) is 3.83. The summed E-state index contributed by atoms with van der Waals surface area (Å²) in [4.78, 5) is 27.4. The molecule has 1 fully saturated rings. The minimum absolute atomic E-state index is 0.0263. The van der Waals surface area contributed by atoms with Gasteiger partial charge in [0, 0.05) is 13.1 Å². The van der Waals surface area contributed by atoms with Crippen molar-refractivity contribution in [3.8, 4) is 0 Å². The molecule has 2 heterocycles. The first kappa shape index (κ1) is 16.7. The molecule has 1 atom stereocenters. The number of hydrogen-bond donors (Lipinski definition) is 1. The molecule has 1 N–H and O–H groups in total. The summed E-state index contributed by atoms with van der Waals surface area (Å²) in [6.07, 6.45) is 2.43. The summed E-state index contributed by atoms with van der Waals surface area (Å²) in [6.45, 7) is 3.34. The van der Waals surface area contributed by atoms with Gasteiger partial charge in [-0.1, -0.05) is 30.3 Å². The topological polar surface area (TPSA) is 49.4 Å². The Hall–Kier alpha value is -2.14. The molecule has 3 rings (SSSR count). The maximum Gasteiger partial charge on any atom is 0.264 e. The number of aryl methyl sites for hydroxylation is 1. The molecular formula is C19H22N2O2S. The van der Waals surface area contributed by atoms with Gasteiger partial charge in [0.1, 0.15) is 6.04 Å². The highest BCUT2D eigenvalue weighted by Gasteiger charge is 2.34. The molecule has 0 spiro atoms. The van der Waals surface area contributed by atoms with E-state index in [-0.39, 0.29) is 17.9 Å². The van der Waals surface area contributed by atoms with Crippen molar-refractivity contribution >= 4 is 23.2 Å². The summed E-state index contributed by atoms with van der Waals surface area (Å²) in [7, 11) is 0. The number of amides is 2. The lowest BCUT2D eigenvalue weighted by atomic mass is 10.1. The Balaban J connectivity index is 1.56. The van der Waals surface area contributed by atoms with Crippen LogP contribution in [-0.2, 0) is 11.2 Å². The molecule has 1 aliphatic heterocycles. The lowest BCUT2D eigenvalue weighted by Crippen LogP contribution is -2.46. The lowest BCUT2D eigenvalue weighted by Gasteiger charge is -2.23. The van der Waals surface area contributed by atoms with Crippen molar-refractivity contribution in [2.75, 3.05) is 13.1 Å². The molecular weight excluding hydrogens is 320 g/mol. The van der Waals surface area contributed by atoms with Gasteiger partial charge in [-0.05, 0) is 48.8 Å². The van der Waals surface area contributed by atoms with Crippen molar-refractivity contribution < 1.29 is 9.59 Å². The quantitative estimate of drug-likeness (QED) is 0.908. The average molecular weight is 342 g/mol. The van der Waals surface area contributed by atoms with Gasteiger partial charge in [0.25, 0.3) is 5.91 Å². The zero-order valence-electron chi connectivity index (χ0n) is 13.8. The second-order valence-electron chi connectivity index (χ2n) is 6.10. The number of hydrogen-bond acceptors (Lipinski definition) is 3. The van der Waals surface area contributed by atoms with Crippen molar-refractivity contribution in [3.63, 3.8) is 0 Å². The van der Waals surface area contributed by atoms with E-state index in [2.05, 4.69) is 24.4 Å². The van der Waals surface area contributed by atoms with Crippen LogP contribution in [0.3, 0.4) is 0 Å². The summed E-state index contributed by atoms with van der Waals surface area (Å²) in [5.74, 6) is -0.0625.